The third kappa shape index (κ3) is 7.36. The van der Waals surface area contributed by atoms with E-state index in [-0.39, 0.29) is 18.4 Å². The molecule has 5 nitrogen and oxygen atoms in total. The molecule has 0 aromatic carbocycles. The molecule has 0 bridgehead atoms. The maximum Gasteiger partial charge on any atom is 0.314 e. The lowest BCUT2D eigenvalue weighted by molar-refractivity contribution is -0.138. The number of hydrogen-bond acceptors (Lipinski definition) is 2. The second-order valence-corrected chi connectivity index (χ2v) is 5.80. The topological polar surface area (TPSA) is 78.4 Å². The van der Waals surface area contributed by atoms with Gasteiger partial charge in [-0.2, -0.15) is 0 Å². The molecular formula is C15H28N2O3. The Kier molecular flexibility index (Phi) is 8.07. The Bertz CT molecular complexity index is 301. The van der Waals surface area contributed by atoms with Crippen LogP contribution in [0.2, 0.25) is 0 Å². The highest BCUT2D eigenvalue weighted by Crippen LogP contribution is 2.25. The SMILES string of the molecule is CCC(CNC(=O)NCCC1CCCCC1)CC(=O)O. The Morgan fingerprint density at radius 1 is 1.20 bits per heavy atom. The van der Waals surface area contributed by atoms with Crippen molar-refractivity contribution < 1.29 is 14.7 Å². The maximum absolute atomic E-state index is 11.6. The number of urea groups is 1. The number of hydrogen-bond donors (Lipinski definition) is 3. The van der Waals surface area contributed by atoms with Gasteiger partial charge in [-0.15, -0.1) is 0 Å². The highest BCUT2D eigenvalue weighted by atomic mass is 16.4. The second-order valence-electron chi connectivity index (χ2n) is 5.80. The van der Waals surface area contributed by atoms with Crippen molar-refractivity contribution in [2.24, 2.45) is 11.8 Å². The molecule has 0 heterocycles. The van der Waals surface area contributed by atoms with E-state index in [1.807, 2.05) is 6.92 Å². The van der Waals surface area contributed by atoms with Crippen LogP contribution in [-0.4, -0.2) is 30.2 Å². The van der Waals surface area contributed by atoms with Crippen LogP contribution in [-0.2, 0) is 4.79 Å². The smallest absolute Gasteiger partial charge is 0.314 e. The summed E-state index contributed by atoms with van der Waals surface area (Å²) in [5.41, 5.74) is 0. The first-order valence-corrected chi connectivity index (χ1v) is 7.85. The van der Waals surface area contributed by atoms with Crippen LogP contribution < -0.4 is 10.6 Å². The van der Waals surface area contributed by atoms with E-state index >= 15 is 0 Å². The summed E-state index contributed by atoms with van der Waals surface area (Å²) in [6.07, 6.45) is 8.51. The standard InChI is InChI=1S/C15H28N2O3/c1-2-12(10-14(18)19)11-17-15(20)16-9-8-13-6-4-3-5-7-13/h12-13H,2-11H2,1H3,(H,18,19)(H2,16,17,20). The fourth-order valence-electron chi connectivity index (χ4n) is 2.77. The van der Waals surface area contributed by atoms with E-state index in [1.54, 1.807) is 0 Å². The normalized spacial score (nSPS) is 17.4. The number of amides is 2. The minimum absolute atomic E-state index is 0.0107. The van der Waals surface area contributed by atoms with Gasteiger partial charge in [0.15, 0.2) is 0 Å². The van der Waals surface area contributed by atoms with Crippen molar-refractivity contribution in [3.8, 4) is 0 Å². The summed E-state index contributed by atoms with van der Waals surface area (Å²) >= 11 is 0. The first kappa shape index (κ1) is 16.8. The number of carboxylic acids is 1. The maximum atomic E-state index is 11.6. The Morgan fingerprint density at radius 3 is 2.50 bits per heavy atom. The zero-order valence-electron chi connectivity index (χ0n) is 12.5. The minimum Gasteiger partial charge on any atom is -0.481 e. The summed E-state index contributed by atoms with van der Waals surface area (Å²) in [6.45, 7) is 3.08. The second kappa shape index (κ2) is 9.61. The highest BCUT2D eigenvalue weighted by molar-refractivity contribution is 5.74. The van der Waals surface area contributed by atoms with Crippen LogP contribution in [0.4, 0.5) is 4.79 Å². The summed E-state index contributed by atoms with van der Waals surface area (Å²) in [7, 11) is 0. The molecule has 0 saturated heterocycles. The van der Waals surface area contributed by atoms with Gasteiger partial charge in [-0.05, 0) is 18.3 Å². The monoisotopic (exact) mass is 284 g/mol. The van der Waals surface area contributed by atoms with Gasteiger partial charge in [0.1, 0.15) is 0 Å². The van der Waals surface area contributed by atoms with E-state index in [9.17, 15) is 9.59 Å². The van der Waals surface area contributed by atoms with E-state index in [0.29, 0.717) is 13.1 Å². The average Bonchev–Trinajstić information content (AvgIpc) is 2.44. The zero-order valence-corrected chi connectivity index (χ0v) is 12.5. The Hall–Kier alpha value is -1.26. The van der Waals surface area contributed by atoms with Crippen LogP contribution in [0.15, 0.2) is 0 Å². The van der Waals surface area contributed by atoms with Crippen molar-refractivity contribution >= 4 is 12.0 Å². The van der Waals surface area contributed by atoms with Gasteiger partial charge in [-0.25, -0.2) is 4.79 Å². The van der Waals surface area contributed by atoms with Gasteiger partial charge >= 0.3 is 12.0 Å². The Balaban J connectivity index is 2.08. The van der Waals surface area contributed by atoms with Crippen molar-refractivity contribution in [2.75, 3.05) is 13.1 Å². The molecule has 1 unspecified atom stereocenters. The van der Waals surface area contributed by atoms with Crippen molar-refractivity contribution in [3.63, 3.8) is 0 Å². The minimum atomic E-state index is -0.809. The molecular weight excluding hydrogens is 256 g/mol. The molecule has 1 aliphatic rings. The molecule has 1 saturated carbocycles. The molecule has 1 rings (SSSR count). The zero-order chi connectivity index (χ0) is 14.8. The van der Waals surface area contributed by atoms with Crippen LogP contribution in [0.25, 0.3) is 0 Å². The van der Waals surface area contributed by atoms with Crippen LogP contribution in [0.3, 0.4) is 0 Å². The first-order chi connectivity index (χ1) is 9.61. The Morgan fingerprint density at radius 2 is 1.90 bits per heavy atom. The van der Waals surface area contributed by atoms with Crippen LogP contribution in [0.1, 0.15) is 58.3 Å². The van der Waals surface area contributed by atoms with Gasteiger partial charge in [-0.1, -0.05) is 45.4 Å². The molecule has 2 amide bonds. The lowest BCUT2D eigenvalue weighted by Crippen LogP contribution is -2.39. The third-order valence-corrected chi connectivity index (χ3v) is 4.15. The predicted molar refractivity (Wildman–Crippen MR) is 78.6 cm³/mol. The molecule has 1 atom stereocenters. The molecule has 0 aromatic heterocycles. The molecule has 0 aromatic rings. The fourth-order valence-corrected chi connectivity index (χ4v) is 2.77. The van der Waals surface area contributed by atoms with E-state index < -0.39 is 5.97 Å². The summed E-state index contributed by atoms with van der Waals surface area (Å²) < 4.78 is 0. The lowest BCUT2D eigenvalue weighted by atomic mass is 9.87. The summed E-state index contributed by atoms with van der Waals surface area (Å²) in [6, 6.07) is -0.176. The largest absolute Gasteiger partial charge is 0.481 e. The van der Waals surface area contributed by atoms with E-state index in [4.69, 9.17) is 5.11 Å². The molecule has 116 valence electrons. The quantitative estimate of drug-likeness (QED) is 0.641. The van der Waals surface area contributed by atoms with Gasteiger partial charge in [0.25, 0.3) is 0 Å². The van der Waals surface area contributed by atoms with Crippen LogP contribution in [0.5, 0.6) is 0 Å². The van der Waals surface area contributed by atoms with E-state index in [2.05, 4.69) is 10.6 Å². The number of aliphatic carboxylic acids is 1. The number of carboxylic acid groups (broad SMARTS) is 1. The molecule has 20 heavy (non-hydrogen) atoms. The summed E-state index contributed by atoms with van der Waals surface area (Å²) in [5.74, 6) is -0.0348. The van der Waals surface area contributed by atoms with Gasteiger partial charge in [0, 0.05) is 19.5 Å². The summed E-state index contributed by atoms with van der Waals surface area (Å²) in [4.78, 5) is 22.3. The molecule has 0 aliphatic heterocycles. The molecule has 1 fully saturated rings. The van der Waals surface area contributed by atoms with E-state index in [1.165, 1.54) is 32.1 Å². The number of carbonyl (C=O) groups excluding carboxylic acids is 1. The highest BCUT2D eigenvalue weighted by Gasteiger charge is 2.14. The average molecular weight is 284 g/mol. The number of nitrogens with one attached hydrogen (secondary N) is 2. The van der Waals surface area contributed by atoms with Crippen molar-refractivity contribution in [1.82, 2.24) is 10.6 Å². The van der Waals surface area contributed by atoms with Crippen LogP contribution >= 0.6 is 0 Å². The molecule has 5 heteroatoms. The van der Waals surface area contributed by atoms with Crippen molar-refractivity contribution in [1.29, 1.82) is 0 Å². The van der Waals surface area contributed by atoms with Crippen molar-refractivity contribution in [3.05, 3.63) is 0 Å². The third-order valence-electron chi connectivity index (χ3n) is 4.15. The number of rotatable bonds is 8. The molecule has 0 radical (unpaired) electrons. The van der Waals surface area contributed by atoms with Crippen molar-refractivity contribution in [2.45, 2.75) is 58.3 Å². The van der Waals surface area contributed by atoms with Gasteiger partial charge in [-0.3, -0.25) is 4.79 Å². The first-order valence-electron chi connectivity index (χ1n) is 7.85. The van der Waals surface area contributed by atoms with Gasteiger partial charge < -0.3 is 15.7 Å². The van der Waals surface area contributed by atoms with Gasteiger partial charge in [0.2, 0.25) is 0 Å². The number of carbonyl (C=O) groups is 2. The molecule has 1 aliphatic carbocycles. The van der Waals surface area contributed by atoms with Crippen LogP contribution in [0, 0.1) is 11.8 Å². The lowest BCUT2D eigenvalue weighted by Gasteiger charge is -2.21. The summed E-state index contributed by atoms with van der Waals surface area (Å²) in [5, 5.41) is 14.4. The van der Waals surface area contributed by atoms with E-state index in [0.717, 1.165) is 18.8 Å². The molecule has 0 spiro atoms. The Labute approximate surface area is 121 Å². The predicted octanol–water partition coefficient (Wildman–Crippen LogP) is 2.76. The fraction of sp³-hybridized carbons (Fsp3) is 0.867. The van der Waals surface area contributed by atoms with Gasteiger partial charge in [0.05, 0.1) is 0 Å². The molecule has 3 N–H and O–H groups in total.